The molecule has 0 saturated carbocycles. The van der Waals surface area contributed by atoms with Gasteiger partial charge in [-0.2, -0.15) is 0 Å². The number of pyridine rings is 1. The number of carbonyl (C=O) groups is 2. The molecule has 0 spiro atoms. The van der Waals surface area contributed by atoms with Gasteiger partial charge in [-0.25, -0.2) is 9.59 Å². The average molecular weight is 287 g/mol. The molecule has 108 valence electrons. The maximum Gasteiger partial charge on any atom is 0.338 e. The number of esters is 2. The van der Waals surface area contributed by atoms with Crippen LogP contribution in [0.2, 0.25) is 0 Å². The van der Waals surface area contributed by atoms with E-state index in [-0.39, 0.29) is 16.6 Å². The second-order valence-electron chi connectivity index (χ2n) is 4.15. The molecule has 2 aromatic rings. The van der Waals surface area contributed by atoms with E-state index in [1.54, 1.807) is 24.3 Å². The Balaban J connectivity index is 2.69. The number of carbonyl (C=O) groups excluding carboxylic acids is 2. The molecular formula is C15H13NO5. The number of nitrogens with one attached hydrogen (secondary N) is 1. The quantitative estimate of drug-likeness (QED) is 0.678. The molecular weight excluding hydrogens is 274 g/mol. The van der Waals surface area contributed by atoms with Gasteiger partial charge in [0.25, 0.3) is 0 Å². The van der Waals surface area contributed by atoms with Crippen LogP contribution in [-0.2, 0) is 19.1 Å². The van der Waals surface area contributed by atoms with Crippen LogP contribution in [0.3, 0.4) is 0 Å². The van der Waals surface area contributed by atoms with Crippen molar-refractivity contribution in [2.75, 3.05) is 14.2 Å². The fourth-order valence-corrected chi connectivity index (χ4v) is 1.90. The van der Waals surface area contributed by atoms with Gasteiger partial charge in [-0.15, -0.1) is 0 Å². The Hall–Kier alpha value is -2.89. The highest BCUT2D eigenvalue weighted by Gasteiger charge is 2.19. The van der Waals surface area contributed by atoms with Gasteiger partial charge in [-0.1, -0.05) is 12.1 Å². The Labute approximate surface area is 120 Å². The highest BCUT2D eigenvalue weighted by atomic mass is 16.5. The molecule has 0 fully saturated rings. The largest absolute Gasteiger partial charge is 0.466 e. The van der Waals surface area contributed by atoms with Crippen molar-refractivity contribution in [2.24, 2.45) is 0 Å². The van der Waals surface area contributed by atoms with Crippen LogP contribution in [-0.4, -0.2) is 31.1 Å². The van der Waals surface area contributed by atoms with Crippen molar-refractivity contribution in [3.05, 3.63) is 52.3 Å². The molecule has 1 aromatic heterocycles. The summed E-state index contributed by atoms with van der Waals surface area (Å²) < 4.78 is 9.10. The highest BCUT2D eigenvalue weighted by molar-refractivity contribution is 6.20. The first-order chi connectivity index (χ1) is 10.1. The van der Waals surface area contributed by atoms with E-state index in [4.69, 9.17) is 0 Å². The molecule has 0 aliphatic heterocycles. The number of rotatable bonds is 3. The number of para-hydroxylation sites is 1. The van der Waals surface area contributed by atoms with Crippen molar-refractivity contribution in [3.8, 4) is 0 Å². The summed E-state index contributed by atoms with van der Waals surface area (Å²) in [5.74, 6) is -1.54. The van der Waals surface area contributed by atoms with E-state index in [1.807, 2.05) is 0 Å². The van der Waals surface area contributed by atoms with Gasteiger partial charge in [0.1, 0.15) is 0 Å². The fourth-order valence-electron chi connectivity index (χ4n) is 1.90. The van der Waals surface area contributed by atoms with E-state index in [9.17, 15) is 14.4 Å². The van der Waals surface area contributed by atoms with Gasteiger partial charge in [0.05, 0.1) is 25.4 Å². The molecule has 0 bridgehead atoms. The van der Waals surface area contributed by atoms with Gasteiger partial charge in [0.15, 0.2) is 5.43 Å². The average Bonchev–Trinajstić information content (AvgIpc) is 2.52. The SMILES string of the molecule is COC(=O)/C=C(/C(=O)OC)c1c[nH]c2ccccc2c1=O. The van der Waals surface area contributed by atoms with Crippen LogP contribution in [0.1, 0.15) is 5.56 Å². The van der Waals surface area contributed by atoms with E-state index in [2.05, 4.69) is 14.5 Å². The van der Waals surface area contributed by atoms with Gasteiger partial charge in [0, 0.05) is 23.2 Å². The number of methoxy groups -OCH3 is 2. The predicted molar refractivity (Wildman–Crippen MR) is 76.6 cm³/mol. The zero-order chi connectivity index (χ0) is 15.4. The molecule has 6 heteroatoms. The number of hydrogen-bond acceptors (Lipinski definition) is 5. The molecule has 6 nitrogen and oxygen atoms in total. The summed E-state index contributed by atoms with van der Waals surface area (Å²) in [6, 6.07) is 6.86. The van der Waals surface area contributed by atoms with Gasteiger partial charge in [-0.05, 0) is 12.1 Å². The van der Waals surface area contributed by atoms with Gasteiger partial charge >= 0.3 is 11.9 Å². The summed E-state index contributed by atoms with van der Waals surface area (Å²) in [4.78, 5) is 38.5. The lowest BCUT2D eigenvalue weighted by molar-refractivity contribution is -0.136. The van der Waals surface area contributed by atoms with Crippen molar-refractivity contribution >= 4 is 28.4 Å². The molecule has 0 aliphatic carbocycles. The number of hydrogen-bond donors (Lipinski definition) is 1. The second-order valence-corrected chi connectivity index (χ2v) is 4.15. The molecule has 1 N–H and O–H groups in total. The Morgan fingerprint density at radius 2 is 1.86 bits per heavy atom. The van der Waals surface area contributed by atoms with Gasteiger partial charge in [0.2, 0.25) is 0 Å². The van der Waals surface area contributed by atoms with Crippen LogP contribution in [0.25, 0.3) is 16.5 Å². The second kappa shape index (κ2) is 6.04. The molecule has 0 saturated heterocycles. The molecule has 21 heavy (non-hydrogen) atoms. The van der Waals surface area contributed by atoms with E-state index < -0.39 is 11.9 Å². The van der Waals surface area contributed by atoms with Crippen molar-refractivity contribution in [1.29, 1.82) is 0 Å². The van der Waals surface area contributed by atoms with E-state index in [1.165, 1.54) is 20.4 Å². The third-order valence-corrected chi connectivity index (χ3v) is 2.95. The van der Waals surface area contributed by atoms with Crippen molar-refractivity contribution < 1.29 is 19.1 Å². The van der Waals surface area contributed by atoms with E-state index >= 15 is 0 Å². The zero-order valence-electron chi connectivity index (χ0n) is 11.5. The Morgan fingerprint density at radius 1 is 1.14 bits per heavy atom. The van der Waals surface area contributed by atoms with Gasteiger partial charge < -0.3 is 14.5 Å². The lowest BCUT2D eigenvalue weighted by Gasteiger charge is -2.06. The summed E-state index contributed by atoms with van der Waals surface area (Å²) in [5, 5.41) is 0.412. The molecule has 0 unspecified atom stereocenters. The number of aromatic amines is 1. The summed E-state index contributed by atoms with van der Waals surface area (Å²) in [6.07, 6.45) is 2.31. The molecule has 1 aromatic carbocycles. The number of ether oxygens (including phenoxy) is 2. The molecule has 2 rings (SSSR count). The fraction of sp³-hybridized carbons (Fsp3) is 0.133. The van der Waals surface area contributed by atoms with Gasteiger partial charge in [-0.3, -0.25) is 4.79 Å². The zero-order valence-corrected chi connectivity index (χ0v) is 11.5. The number of fused-ring (bicyclic) bond motifs is 1. The van der Waals surface area contributed by atoms with Crippen LogP contribution in [0.4, 0.5) is 0 Å². The minimum absolute atomic E-state index is 0.0472. The van der Waals surface area contributed by atoms with Crippen LogP contribution < -0.4 is 5.43 Å². The number of aromatic nitrogens is 1. The topological polar surface area (TPSA) is 85.5 Å². The molecule has 0 atom stereocenters. The van der Waals surface area contributed by atoms with E-state index in [0.29, 0.717) is 10.9 Å². The van der Waals surface area contributed by atoms with Crippen molar-refractivity contribution in [3.63, 3.8) is 0 Å². The Kier molecular flexibility index (Phi) is 4.18. The number of benzene rings is 1. The smallest absolute Gasteiger partial charge is 0.338 e. The maximum absolute atomic E-state index is 12.4. The summed E-state index contributed by atoms with van der Waals surface area (Å²) >= 11 is 0. The first-order valence-corrected chi connectivity index (χ1v) is 6.07. The summed E-state index contributed by atoms with van der Waals surface area (Å²) in [6.45, 7) is 0. The van der Waals surface area contributed by atoms with Crippen LogP contribution in [0.15, 0.2) is 41.3 Å². The minimum Gasteiger partial charge on any atom is -0.466 e. The number of H-pyrrole nitrogens is 1. The van der Waals surface area contributed by atoms with Crippen LogP contribution in [0.5, 0.6) is 0 Å². The normalized spacial score (nSPS) is 11.2. The third kappa shape index (κ3) is 2.84. The monoisotopic (exact) mass is 287 g/mol. The summed E-state index contributed by atoms with van der Waals surface area (Å²) in [7, 11) is 2.35. The highest BCUT2D eigenvalue weighted by Crippen LogP contribution is 2.15. The first kappa shape index (κ1) is 14.5. The standard InChI is InChI=1S/C15H13NO5/c1-20-13(17)7-10(15(19)21-2)11-8-16-12-6-4-3-5-9(12)14(11)18/h3-8H,1-2H3,(H,16,18)/b10-7+. The molecule has 0 amide bonds. The Bertz CT molecular complexity index is 788. The first-order valence-electron chi connectivity index (χ1n) is 6.07. The molecule has 0 radical (unpaired) electrons. The summed E-state index contributed by atoms with van der Waals surface area (Å²) in [5.41, 5.74) is 0.153. The van der Waals surface area contributed by atoms with Crippen molar-refractivity contribution in [1.82, 2.24) is 4.98 Å². The van der Waals surface area contributed by atoms with Crippen LogP contribution in [0, 0.1) is 0 Å². The maximum atomic E-state index is 12.4. The third-order valence-electron chi connectivity index (χ3n) is 2.95. The minimum atomic E-state index is -0.791. The van der Waals surface area contributed by atoms with E-state index in [0.717, 1.165) is 6.08 Å². The molecule has 0 aliphatic rings. The lowest BCUT2D eigenvalue weighted by atomic mass is 10.0. The van der Waals surface area contributed by atoms with Crippen LogP contribution >= 0.6 is 0 Å². The lowest BCUT2D eigenvalue weighted by Crippen LogP contribution is -2.16. The predicted octanol–water partition coefficient (Wildman–Crippen LogP) is 1.26. The Morgan fingerprint density at radius 3 is 2.52 bits per heavy atom. The molecule has 1 heterocycles. The van der Waals surface area contributed by atoms with Crippen molar-refractivity contribution in [2.45, 2.75) is 0 Å².